The Morgan fingerprint density at radius 3 is 2.68 bits per heavy atom. The van der Waals surface area contributed by atoms with Crippen molar-refractivity contribution in [3.63, 3.8) is 0 Å². The van der Waals surface area contributed by atoms with Crippen molar-refractivity contribution in [2.75, 3.05) is 7.11 Å². The normalized spacial score (nSPS) is 10.9. The first-order valence-electron chi connectivity index (χ1n) is 6.28. The Balaban J connectivity index is 2.11. The summed E-state index contributed by atoms with van der Waals surface area (Å²) in [4.78, 5) is 4.66. The average Bonchev–Trinajstić information content (AvgIpc) is 2.81. The van der Waals surface area contributed by atoms with Gasteiger partial charge in [-0.15, -0.1) is 0 Å². The van der Waals surface area contributed by atoms with Crippen molar-refractivity contribution in [2.45, 2.75) is 13.8 Å². The highest BCUT2D eigenvalue weighted by molar-refractivity contribution is 5.65. The molecule has 3 aromatic rings. The van der Waals surface area contributed by atoms with Crippen molar-refractivity contribution in [1.82, 2.24) is 9.38 Å². The van der Waals surface area contributed by atoms with Crippen molar-refractivity contribution in [3.8, 4) is 17.0 Å². The number of imidazole rings is 1. The first-order chi connectivity index (χ1) is 9.17. The third-order valence-corrected chi connectivity index (χ3v) is 3.31. The van der Waals surface area contributed by atoms with E-state index in [-0.39, 0.29) is 0 Å². The second kappa shape index (κ2) is 4.43. The lowest BCUT2D eigenvalue weighted by atomic mass is 10.1. The number of aryl methyl sites for hydroxylation is 2. The summed E-state index contributed by atoms with van der Waals surface area (Å²) in [7, 11) is 1.69. The number of ether oxygens (including phenoxy) is 1. The van der Waals surface area contributed by atoms with Crippen LogP contribution in [0.1, 0.15) is 11.1 Å². The number of benzene rings is 1. The van der Waals surface area contributed by atoms with Crippen molar-refractivity contribution in [3.05, 3.63) is 53.9 Å². The highest BCUT2D eigenvalue weighted by Gasteiger charge is 2.06. The smallest absolute Gasteiger partial charge is 0.137 e. The summed E-state index contributed by atoms with van der Waals surface area (Å²) in [5.74, 6) is 0.906. The maximum Gasteiger partial charge on any atom is 0.137 e. The Hall–Kier alpha value is -2.29. The number of rotatable bonds is 2. The molecule has 0 radical (unpaired) electrons. The predicted molar refractivity (Wildman–Crippen MR) is 76.7 cm³/mol. The highest BCUT2D eigenvalue weighted by atomic mass is 16.5. The Morgan fingerprint density at radius 2 is 1.95 bits per heavy atom. The average molecular weight is 252 g/mol. The fourth-order valence-corrected chi connectivity index (χ4v) is 2.26. The summed E-state index contributed by atoms with van der Waals surface area (Å²) >= 11 is 0. The number of hydrogen-bond acceptors (Lipinski definition) is 2. The summed E-state index contributed by atoms with van der Waals surface area (Å²) in [5.41, 5.74) is 5.41. The van der Waals surface area contributed by atoms with Gasteiger partial charge in [-0.25, -0.2) is 4.98 Å². The molecule has 0 amide bonds. The molecule has 19 heavy (non-hydrogen) atoms. The SMILES string of the molecule is COc1ccc(-c2cn3ccc(C)cc3n2)cc1C. The molecule has 0 N–H and O–H groups in total. The van der Waals surface area contributed by atoms with Crippen molar-refractivity contribution < 1.29 is 4.74 Å². The molecule has 3 rings (SSSR count). The van der Waals surface area contributed by atoms with Gasteiger partial charge in [-0.1, -0.05) is 0 Å². The van der Waals surface area contributed by atoms with Gasteiger partial charge in [0, 0.05) is 18.0 Å². The van der Waals surface area contributed by atoms with Crippen LogP contribution in [-0.2, 0) is 0 Å². The molecule has 0 saturated heterocycles. The molecule has 0 atom stereocenters. The van der Waals surface area contributed by atoms with Crippen LogP contribution in [0.25, 0.3) is 16.9 Å². The maximum absolute atomic E-state index is 5.28. The standard InChI is InChI=1S/C16H16N2O/c1-11-6-7-18-10-14(17-16(18)8-11)13-4-5-15(19-3)12(2)9-13/h4-10H,1-3H3. The summed E-state index contributed by atoms with van der Waals surface area (Å²) in [6.07, 6.45) is 4.09. The number of fused-ring (bicyclic) bond motifs is 1. The molecule has 0 bridgehead atoms. The molecule has 0 saturated carbocycles. The molecule has 2 heterocycles. The van der Waals surface area contributed by atoms with Crippen LogP contribution >= 0.6 is 0 Å². The molecule has 0 aliphatic heterocycles. The van der Waals surface area contributed by atoms with Gasteiger partial charge in [-0.3, -0.25) is 0 Å². The molecule has 2 aromatic heterocycles. The third kappa shape index (κ3) is 2.08. The number of methoxy groups -OCH3 is 1. The van der Waals surface area contributed by atoms with Gasteiger partial charge in [0.25, 0.3) is 0 Å². The van der Waals surface area contributed by atoms with Gasteiger partial charge in [-0.05, 0) is 55.3 Å². The van der Waals surface area contributed by atoms with Crippen molar-refractivity contribution >= 4 is 5.65 Å². The van der Waals surface area contributed by atoms with Crippen LogP contribution in [-0.4, -0.2) is 16.5 Å². The van der Waals surface area contributed by atoms with E-state index in [0.717, 1.165) is 28.2 Å². The second-order valence-electron chi connectivity index (χ2n) is 4.78. The van der Waals surface area contributed by atoms with Gasteiger partial charge >= 0.3 is 0 Å². The van der Waals surface area contributed by atoms with E-state index in [1.54, 1.807) is 7.11 Å². The van der Waals surface area contributed by atoms with E-state index < -0.39 is 0 Å². The Labute approximate surface area is 112 Å². The van der Waals surface area contributed by atoms with Crippen LogP contribution in [0.5, 0.6) is 5.75 Å². The Morgan fingerprint density at radius 1 is 1.11 bits per heavy atom. The molecular formula is C16H16N2O. The lowest BCUT2D eigenvalue weighted by molar-refractivity contribution is 0.412. The maximum atomic E-state index is 5.28. The van der Waals surface area contributed by atoms with E-state index in [1.807, 2.05) is 29.7 Å². The van der Waals surface area contributed by atoms with Gasteiger partial charge in [0.05, 0.1) is 12.8 Å². The van der Waals surface area contributed by atoms with Crippen LogP contribution in [0.2, 0.25) is 0 Å². The zero-order valence-electron chi connectivity index (χ0n) is 11.3. The van der Waals surface area contributed by atoms with Crippen molar-refractivity contribution in [2.24, 2.45) is 0 Å². The second-order valence-corrected chi connectivity index (χ2v) is 4.78. The van der Waals surface area contributed by atoms with Crippen LogP contribution in [0, 0.1) is 13.8 Å². The van der Waals surface area contributed by atoms with Crippen molar-refractivity contribution in [1.29, 1.82) is 0 Å². The summed E-state index contributed by atoms with van der Waals surface area (Å²) in [6, 6.07) is 10.3. The molecule has 0 spiro atoms. The zero-order chi connectivity index (χ0) is 13.4. The minimum absolute atomic E-state index is 0.906. The van der Waals surface area contributed by atoms with E-state index >= 15 is 0 Å². The quantitative estimate of drug-likeness (QED) is 0.696. The molecule has 0 aliphatic rings. The zero-order valence-corrected chi connectivity index (χ0v) is 11.3. The van der Waals surface area contributed by atoms with E-state index in [0.29, 0.717) is 0 Å². The highest BCUT2D eigenvalue weighted by Crippen LogP contribution is 2.25. The first kappa shape index (κ1) is 11.8. The van der Waals surface area contributed by atoms with Crippen LogP contribution in [0.4, 0.5) is 0 Å². The first-order valence-corrected chi connectivity index (χ1v) is 6.28. The van der Waals surface area contributed by atoms with E-state index in [2.05, 4.69) is 36.3 Å². The van der Waals surface area contributed by atoms with Crippen LogP contribution in [0.15, 0.2) is 42.7 Å². The van der Waals surface area contributed by atoms with Gasteiger partial charge in [0.2, 0.25) is 0 Å². The molecule has 3 heteroatoms. The molecule has 0 unspecified atom stereocenters. The predicted octanol–water partition coefficient (Wildman–Crippen LogP) is 3.63. The largest absolute Gasteiger partial charge is 0.496 e. The number of pyridine rings is 1. The van der Waals surface area contributed by atoms with Gasteiger partial charge in [-0.2, -0.15) is 0 Å². The lowest BCUT2D eigenvalue weighted by Crippen LogP contribution is -1.87. The Bertz CT molecular complexity index is 744. The lowest BCUT2D eigenvalue weighted by Gasteiger charge is -2.05. The number of hydrogen-bond donors (Lipinski definition) is 0. The Kier molecular flexibility index (Phi) is 2.75. The minimum Gasteiger partial charge on any atom is -0.496 e. The summed E-state index contributed by atoms with van der Waals surface area (Å²) in [6.45, 7) is 4.12. The number of nitrogens with zero attached hydrogens (tertiary/aromatic N) is 2. The minimum atomic E-state index is 0.906. The molecule has 96 valence electrons. The summed E-state index contributed by atoms with van der Waals surface area (Å²) in [5, 5.41) is 0. The summed E-state index contributed by atoms with van der Waals surface area (Å²) < 4.78 is 7.33. The molecule has 3 nitrogen and oxygen atoms in total. The molecule has 1 aromatic carbocycles. The van der Waals surface area contributed by atoms with E-state index in [1.165, 1.54) is 5.56 Å². The van der Waals surface area contributed by atoms with E-state index in [4.69, 9.17) is 4.74 Å². The fraction of sp³-hybridized carbons (Fsp3) is 0.188. The van der Waals surface area contributed by atoms with Crippen LogP contribution < -0.4 is 4.74 Å². The molecule has 0 aliphatic carbocycles. The fourth-order valence-electron chi connectivity index (χ4n) is 2.26. The van der Waals surface area contributed by atoms with Gasteiger partial charge in [0.15, 0.2) is 0 Å². The molecule has 0 fully saturated rings. The third-order valence-electron chi connectivity index (χ3n) is 3.31. The number of aromatic nitrogens is 2. The topological polar surface area (TPSA) is 26.5 Å². The monoisotopic (exact) mass is 252 g/mol. The van der Waals surface area contributed by atoms with Gasteiger partial charge in [0.1, 0.15) is 11.4 Å². The van der Waals surface area contributed by atoms with Crippen LogP contribution in [0.3, 0.4) is 0 Å². The molecular weight excluding hydrogens is 236 g/mol. The van der Waals surface area contributed by atoms with Gasteiger partial charge < -0.3 is 9.14 Å². The van der Waals surface area contributed by atoms with E-state index in [9.17, 15) is 0 Å².